The van der Waals surface area contributed by atoms with Gasteiger partial charge in [0, 0.05) is 5.56 Å². The molecule has 9 heteroatoms. The molecular formula is C28H28N2O6S. The minimum absolute atomic E-state index is 0.0684. The Morgan fingerprint density at radius 3 is 2.49 bits per heavy atom. The number of rotatable bonds is 7. The first-order chi connectivity index (χ1) is 17.7. The Morgan fingerprint density at radius 2 is 1.86 bits per heavy atom. The molecule has 2 heterocycles. The Hall–Kier alpha value is -3.98. The molecule has 1 saturated heterocycles. The van der Waals surface area contributed by atoms with Crippen molar-refractivity contribution in [2.75, 3.05) is 18.6 Å². The summed E-state index contributed by atoms with van der Waals surface area (Å²) in [5, 5.41) is 11.5. The summed E-state index contributed by atoms with van der Waals surface area (Å²) in [7, 11) is 1.50. The van der Waals surface area contributed by atoms with Crippen molar-refractivity contribution in [1.29, 1.82) is 0 Å². The number of methoxy groups -OCH3 is 1. The molecule has 0 saturated carbocycles. The zero-order valence-electron chi connectivity index (χ0n) is 21.3. The number of aliphatic hydroxyl groups excluding tert-OH is 1. The molecule has 1 amide bonds. The van der Waals surface area contributed by atoms with Crippen LogP contribution in [0.15, 0.2) is 54.1 Å². The second-order valence-electron chi connectivity index (χ2n) is 8.85. The van der Waals surface area contributed by atoms with Gasteiger partial charge < -0.3 is 14.6 Å². The van der Waals surface area contributed by atoms with E-state index in [-0.39, 0.29) is 33.9 Å². The Balaban J connectivity index is 1.91. The van der Waals surface area contributed by atoms with Gasteiger partial charge in [-0.25, -0.2) is 9.78 Å². The number of carbonyl (C=O) groups excluding carboxylic acids is 3. The molecule has 3 aromatic rings. The molecule has 2 aromatic carbocycles. The van der Waals surface area contributed by atoms with E-state index in [0.29, 0.717) is 22.6 Å². The summed E-state index contributed by atoms with van der Waals surface area (Å²) < 4.78 is 10.4. The number of carbonyl (C=O) groups is 3. The van der Waals surface area contributed by atoms with Crippen molar-refractivity contribution < 1.29 is 29.0 Å². The average molecular weight is 521 g/mol. The lowest BCUT2D eigenvalue weighted by Gasteiger charge is -2.23. The summed E-state index contributed by atoms with van der Waals surface area (Å²) in [5.74, 6) is -1.78. The summed E-state index contributed by atoms with van der Waals surface area (Å²) >= 11 is 0.976. The number of amides is 1. The van der Waals surface area contributed by atoms with Gasteiger partial charge in [0.15, 0.2) is 5.13 Å². The standard InChI is InChI=1S/C28H28N2O6S/c1-6-36-27(34)25-16(4)29-28(37-25)30-22(18-12-10-17(11-13-18)15(2)3)21(24(32)26(30)33)23(31)19-8-7-9-20(14-19)35-5/h7-15,22,31H,6H2,1-5H3. The topological polar surface area (TPSA) is 106 Å². The first kappa shape index (κ1) is 26.1. The van der Waals surface area contributed by atoms with Crippen LogP contribution in [-0.4, -0.2) is 41.5 Å². The van der Waals surface area contributed by atoms with Crippen LogP contribution in [-0.2, 0) is 14.3 Å². The van der Waals surface area contributed by atoms with Crippen LogP contribution in [0.1, 0.15) is 64.8 Å². The van der Waals surface area contributed by atoms with E-state index in [2.05, 4.69) is 18.8 Å². The molecule has 0 spiro atoms. The largest absolute Gasteiger partial charge is 0.507 e. The normalized spacial score (nSPS) is 16.9. The molecule has 0 bridgehead atoms. The number of nitrogens with zero attached hydrogens (tertiary/aromatic N) is 2. The maximum absolute atomic E-state index is 13.4. The molecule has 8 nitrogen and oxygen atoms in total. The van der Waals surface area contributed by atoms with Crippen LogP contribution in [0.25, 0.3) is 5.76 Å². The van der Waals surface area contributed by atoms with Gasteiger partial charge >= 0.3 is 11.9 Å². The number of aryl methyl sites for hydroxylation is 1. The zero-order valence-corrected chi connectivity index (χ0v) is 22.1. The third kappa shape index (κ3) is 4.86. The number of esters is 1. The van der Waals surface area contributed by atoms with E-state index in [1.54, 1.807) is 38.1 Å². The van der Waals surface area contributed by atoms with E-state index in [4.69, 9.17) is 9.47 Å². The smallest absolute Gasteiger partial charge is 0.350 e. The van der Waals surface area contributed by atoms with Crippen LogP contribution >= 0.6 is 11.3 Å². The monoisotopic (exact) mass is 520 g/mol. The predicted octanol–water partition coefficient (Wildman–Crippen LogP) is 5.39. The minimum atomic E-state index is -0.951. The highest BCUT2D eigenvalue weighted by Gasteiger charge is 2.48. The van der Waals surface area contributed by atoms with Crippen LogP contribution in [0, 0.1) is 6.92 Å². The molecule has 37 heavy (non-hydrogen) atoms. The predicted molar refractivity (Wildman–Crippen MR) is 141 cm³/mol. The van der Waals surface area contributed by atoms with Crippen molar-refractivity contribution in [3.8, 4) is 5.75 Å². The number of thiazole rings is 1. The summed E-state index contributed by atoms with van der Waals surface area (Å²) in [6.45, 7) is 7.68. The van der Waals surface area contributed by atoms with E-state index in [0.717, 1.165) is 16.9 Å². The quantitative estimate of drug-likeness (QED) is 0.193. The summed E-state index contributed by atoms with van der Waals surface area (Å²) in [6.07, 6.45) is 0. The van der Waals surface area contributed by atoms with Crippen LogP contribution in [0.5, 0.6) is 5.75 Å². The van der Waals surface area contributed by atoms with Gasteiger partial charge in [0.2, 0.25) is 0 Å². The number of aliphatic hydroxyl groups is 1. The molecule has 1 N–H and O–H groups in total. The van der Waals surface area contributed by atoms with Crippen molar-refractivity contribution in [2.45, 2.75) is 39.7 Å². The lowest BCUT2D eigenvalue weighted by Crippen LogP contribution is -2.29. The molecule has 1 aliphatic heterocycles. The molecule has 1 aromatic heterocycles. The van der Waals surface area contributed by atoms with Gasteiger partial charge in [-0.2, -0.15) is 0 Å². The Labute approximate surface area is 219 Å². The summed E-state index contributed by atoms with van der Waals surface area (Å²) in [4.78, 5) is 45.2. The van der Waals surface area contributed by atoms with E-state index < -0.39 is 23.7 Å². The minimum Gasteiger partial charge on any atom is -0.507 e. The fourth-order valence-electron chi connectivity index (χ4n) is 4.21. The lowest BCUT2D eigenvalue weighted by atomic mass is 9.93. The molecule has 4 rings (SSSR count). The first-order valence-electron chi connectivity index (χ1n) is 11.9. The molecule has 192 valence electrons. The number of anilines is 1. The molecule has 0 aliphatic carbocycles. The van der Waals surface area contributed by atoms with Crippen molar-refractivity contribution >= 4 is 39.9 Å². The summed E-state index contributed by atoms with van der Waals surface area (Å²) in [6, 6.07) is 13.2. The van der Waals surface area contributed by atoms with Gasteiger partial charge in [-0.1, -0.05) is 61.6 Å². The van der Waals surface area contributed by atoms with E-state index in [1.807, 2.05) is 24.3 Å². The second-order valence-corrected chi connectivity index (χ2v) is 9.83. The van der Waals surface area contributed by atoms with Gasteiger partial charge in [-0.05, 0) is 43.0 Å². The number of Topliss-reactive ketones (excluding diaryl/α,β-unsaturated/α-hetero) is 1. The average Bonchev–Trinajstić information content (AvgIpc) is 3.40. The number of aromatic nitrogens is 1. The SMILES string of the molecule is CCOC(=O)c1sc(N2C(=O)C(=O)C(=C(O)c3cccc(OC)c3)C2c2ccc(C(C)C)cc2)nc1C. The molecule has 0 radical (unpaired) electrons. The van der Waals surface area contributed by atoms with Crippen LogP contribution in [0.3, 0.4) is 0 Å². The lowest BCUT2D eigenvalue weighted by molar-refractivity contribution is -0.132. The fourth-order valence-corrected chi connectivity index (χ4v) is 5.19. The maximum atomic E-state index is 13.4. The van der Waals surface area contributed by atoms with Crippen molar-refractivity contribution in [3.63, 3.8) is 0 Å². The highest BCUT2D eigenvalue weighted by atomic mass is 32.1. The van der Waals surface area contributed by atoms with Gasteiger partial charge in [0.25, 0.3) is 5.78 Å². The number of hydrogen-bond donors (Lipinski definition) is 1. The maximum Gasteiger partial charge on any atom is 0.350 e. The number of hydrogen-bond acceptors (Lipinski definition) is 8. The van der Waals surface area contributed by atoms with Crippen molar-refractivity contribution in [1.82, 2.24) is 4.98 Å². The van der Waals surface area contributed by atoms with Crippen LogP contribution in [0.2, 0.25) is 0 Å². The highest BCUT2D eigenvalue weighted by Crippen LogP contribution is 2.44. The van der Waals surface area contributed by atoms with Crippen LogP contribution in [0.4, 0.5) is 5.13 Å². The highest BCUT2D eigenvalue weighted by molar-refractivity contribution is 7.17. The Kier molecular flexibility index (Phi) is 7.45. The van der Waals surface area contributed by atoms with E-state index >= 15 is 0 Å². The third-order valence-corrected chi connectivity index (χ3v) is 7.30. The second kappa shape index (κ2) is 10.6. The Bertz CT molecular complexity index is 1390. The van der Waals surface area contributed by atoms with Crippen molar-refractivity contribution in [3.05, 3.63) is 81.4 Å². The molecule has 1 aliphatic rings. The number of ketones is 1. The van der Waals surface area contributed by atoms with Gasteiger partial charge in [0.05, 0.1) is 31.0 Å². The van der Waals surface area contributed by atoms with E-state index in [1.165, 1.54) is 12.0 Å². The first-order valence-corrected chi connectivity index (χ1v) is 12.7. The van der Waals surface area contributed by atoms with Gasteiger partial charge in [-0.3, -0.25) is 14.5 Å². The fraction of sp³-hybridized carbons (Fsp3) is 0.286. The molecule has 1 fully saturated rings. The van der Waals surface area contributed by atoms with Gasteiger partial charge in [0.1, 0.15) is 16.4 Å². The van der Waals surface area contributed by atoms with Crippen molar-refractivity contribution in [2.24, 2.45) is 0 Å². The third-order valence-electron chi connectivity index (χ3n) is 6.16. The zero-order chi connectivity index (χ0) is 26.9. The molecule has 1 atom stereocenters. The number of benzene rings is 2. The summed E-state index contributed by atoms with van der Waals surface area (Å²) in [5.41, 5.74) is 2.37. The number of ether oxygens (including phenoxy) is 2. The Morgan fingerprint density at radius 1 is 1.16 bits per heavy atom. The van der Waals surface area contributed by atoms with E-state index in [9.17, 15) is 19.5 Å². The molecular weight excluding hydrogens is 492 g/mol. The molecule has 1 unspecified atom stereocenters. The van der Waals surface area contributed by atoms with Crippen LogP contribution < -0.4 is 9.64 Å². The van der Waals surface area contributed by atoms with Gasteiger partial charge in [-0.15, -0.1) is 0 Å².